The number of halogens is 2. The third-order valence-corrected chi connectivity index (χ3v) is 3.73. The highest BCUT2D eigenvalue weighted by molar-refractivity contribution is 6.02. The van der Waals surface area contributed by atoms with Gasteiger partial charge in [0.1, 0.15) is 28.9 Å². The van der Waals surface area contributed by atoms with Crippen LogP contribution in [-0.2, 0) is 6.42 Å². The maximum absolute atomic E-state index is 13.7. The number of hydrogen-bond donors (Lipinski definition) is 2. The van der Waals surface area contributed by atoms with E-state index in [-0.39, 0.29) is 23.6 Å². The van der Waals surface area contributed by atoms with Crippen LogP contribution in [-0.4, -0.2) is 23.0 Å². The zero-order chi connectivity index (χ0) is 19.4. The van der Waals surface area contributed by atoms with Gasteiger partial charge in [-0.1, -0.05) is 12.1 Å². The number of anilines is 1. The summed E-state index contributed by atoms with van der Waals surface area (Å²) in [5, 5.41) is 2.27. The zero-order valence-corrected chi connectivity index (χ0v) is 14.3. The van der Waals surface area contributed by atoms with Crippen molar-refractivity contribution in [2.75, 3.05) is 12.4 Å². The SMILES string of the molecule is COc1ccc(Cc2nc(C(=O)Nc3ccc(F)cc3F)cc(=O)[nH]2)cc1. The van der Waals surface area contributed by atoms with Crippen LogP contribution in [0, 0.1) is 11.6 Å². The monoisotopic (exact) mass is 371 g/mol. The van der Waals surface area contributed by atoms with Gasteiger partial charge in [0.2, 0.25) is 0 Å². The molecule has 8 heteroatoms. The molecule has 0 bridgehead atoms. The minimum absolute atomic E-state index is 0.175. The average molecular weight is 371 g/mol. The number of nitrogens with one attached hydrogen (secondary N) is 2. The van der Waals surface area contributed by atoms with Crippen LogP contribution >= 0.6 is 0 Å². The number of ether oxygens (including phenoxy) is 1. The summed E-state index contributed by atoms with van der Waals surface area (Å²) in [6.07, 6.45) is 0.283. The van der Waals surface area contributed by atoms with Crippen LogP contribution in [0.3, 0.4) is 0 Å². The Bertz CT molecular complexity index is 1030. The highest BCUT2D eigenvalue weighted by Gasteiger charge is 2.13. The zero-order valence-electron chi connectivity index (χ0n) is 14.3. The molecule has 1 amide bonds. The summed E-state index contributed by atoms with van der Waals surface area (Å²) in [5.74, 6) is -1.50. The summed E-state index contributed by atoms with van der Waals surface area (Å²) in [6.45, 7) is 0. The molecule has 0 aliphatic carbocycles. The third-order valence-electron chi connectivity index (χ3n) is 3.73. The molecule has 0 saturated heterocycles. The minimum atomic E-state index is -0.924. The Kier molecular flexibility index (Phi) is 5.25. The van der Waals surface area contributed by atoms with E-state index in [1.165, 1.54) is 0 Å². The molecule has 1 aromatic heterocycles. The number of aromatic nitrogens is 2. The van der Waals surface area contributed by atoms with Crippen LogP contribution in [0.5, 0.6) is 5.75 Å². The van der Waals surface area contributed by atoms with Gasteiger partial charge >= 0.3 is 0 Å². The fraction of sp³-hybridized carbons (Fsp3) is 0.105. The summed E-state index contributed by atoms with van der Waals surface area (Å²) >= 11 is 0. The summed E-state index contributed by atoms with van der Waals surface area (Å²) in [5.41, 5.74) is -0.0505. The first-order valence-corrected chi connectivity index (χ1v) is 7.94. The van der Waals surface area contributed by atoms with Gasteiger partial charge in [-0.25, -0.2) is 13.8 Å². The number of nitrogens with zero attached hydrogens (tertiary/aromatic N) is 1. The van der Waals surface area contributed by atoms with E-state index in [0.717, 1.165) is 23.8 Å². The van der Waals surface area contributed by atoms with Crippen molar-refractivity contribution in [1.29, 1.82) is 0 Å². The van der Waals surface area contributed by atoms with E-state index in [1.807, 2.05) is 0 Å². The smallest absolute Gasteiger partial charge is 0.274 e. The molecule has 0 atom stereocenters. The normalized spacial score (nSPS) is 10.5. The molecule has 0 fully saturated rings. The van der Waals surface area contributed by atoms with Crippen molar-refractivity contribution < 1.29 is 18.3 Å². The minimum Gasteiger partial charge on any atom is -0.497 e. The highest BCUT2D eigenvalue weighted by Crippen LogP contribution is 2.16. The van der Waals surface area contributed by atoms with Crippen LogP contribution in [0.1, 0.15) is 21.9 Å². The number of methoxy groups -OCH3 is 1. The Morgan fingerprint density at radius 2 is 1.89 bits per heavy atom. The van der Waals surface area contributed by atoms with E-state index < -0.39 is 23.1 Å². The second kappa shape index (κ2) is 7.77. The molecule has 2 aromatic carbocycles. The van der Waals surface area contributed by atoms with E-state index in [2.05, 4.69) is 15.3 Å². The van der Waals surface area contributed by atoms with Gasteiger partial charge < -0.3 is 15.0 Å². The summed E-state index contributed by atoms with van der Waals surface area (Å²) < 4.78 is 31.7. The van der Waals surface area contributed by atoms with Gasteiger partial charge in [-0.05, 0) is 29.8 Å². The molecule has 3 aromatic rings. The Hall–Kier alpha value is -3.55. The second-order valence-corrected chi connectivity index (χ2v) is 5.68. The van der Waals surface area contributed by atoms with Crippen molar-refractivity contribution in [3.05, 3.63) is 87.6 Å². The number of rotatable bonds is 5. The van der Waals surface area contributed by atoms with Crippen molar-refractivity contribution in [2.24, 2.45) is 0 Å². The fourth-order valence-electron chi connectivity index (χ4n) is 2.42. The molecule has 0 unspecified atom stereocenters. The van der Waals surface area contributed by atoms with Crippen LogP contribution in [0.2, 0.25) is 0 Å². The largest absolute Gasteiger partial charge is 0.497 e. The number of H-pyrrole nitrogens is 1. The molecule has 0 aliphatic heterocycles. The first kappa shape index (κ1) is 18.2. The molecule has 3 rings (SSSR count). The molecule has 0 aliphatic rings. The Morgan fingerprint density at radius 3 is 2.56 bits per heavy atom. The predicted molar refractivity (Wildman–Crippen MR) is 95.0 cm³/mol. The predicted octanol–water partition coefficient (Wildman–Crippen LogP) is 2.90. The van der Waals surface area contributed by atoms with Gasteiger partial charge in [0.15, 0.2) is 0 Å². The molecule has 27 heavy (non-hydrogen) atoms. The van der Waals surface area contributed by atoms with Gasteiger partial charge in [-0.15, -0.1) is 0 Å². The lowest BCUT2D eigenvalue weighted by Gasteiger charge is -2.08. The number of carbonyl (C=O) groups excluding carboxylic acids is 1. The molecule has 2 N–H and O–H groups in total. The fourth-order valence-corrected chi connectivity index (χ4v) is 2.42. The van der Waals surface area contributed by atoms with E-state index in [0.29, 0.717) is 11.8 Å². The van der Waals surface area contributed by atoms with Crippen molar-refractivity contribution in [3.63, 3.8) is 0 Å². The third kappa shape index (κ3) is 4.55. The Labute approximate surface area is 152 Å². The van der Waals surface area contributed by atoms with Gasteiger partial charge in [0, 0.05) is 18.6 Å². The van der Waals surface area contributed by atoms with Gasteiger partial charge in [0.05, 0.1) is 12.8 Å². The van der Waals surface area contributed by atoms with Crippen molar-refractivity contribution in [2.45, 2.75) is 6.42 Å². The molecule has 6 nitrogen and oxygen atoms in total. The molecular formula is C19H15F2N3O3. The van der Waals surface area contributed by atoms with Gasteiger partial charge in [0.25, 0.3) is 11.5 Å². The summed E-state index contributed by atoms with van der Waals surface area (Å²) in [4.78, 5) is 30.8. The Balaban J connectivity index is 1.81. The highest BCUT2D eigenvalue weighted by atomic mass is 19.1. The molecule has 0 radical (unpaired) electrons. The maximum Gasteiger partial charge on any atom is 0.274 e. The molecular weight excluding hydrogens is 356 g/mol. The summed E-state index contributed by atoms with van der Waals surface area (Å²) in [7, 11) is 1.56. The number of aromatic amines is 1. The van der Waals surface area contributed by atoms with E-state index in [1.54, 1.807) is 31.4 Å². The Morgan fingerprint density at radius 1 is 1.15 bits per heavy atom. The van der Waals surface area contributed by atoms with Crippen LogP contribution in [0.4, 0.5) is 14.5 Å². The van der Waals surface area contributed by atoms with Gasteiger partial charge in [-0.3, -0.25) is 9.59 Å². The number of carbonyl (C=O) groups is 1. The number of benzene rings is 2. The van der Waals surface area contributed by atoms with E-state index in [9.17, 15) is 18.4 Å². The lowest BCUT2D eigenvalue weighted by Crippen LogP contribution is -2.21. The number of amides is 1. The van der Waals surface area contributed by atoms with Crippen LogP contribution in [0.15, 0.2) is 53.3 Å². The second-order valence-electron chi connectivity index (χ2n) is 5.68. The lowest BCUT2D eigenvalue weighted by molar-refractivity contribution is 0.102. The van der Waals surface area contributed by atoms with Crippen molar-refractivity contribution in [1.82, 2.24) is 9.97 Å². The summed E-state index contributed by atoms with van der Waals surface area (Å²) in [6, 6.07) is 10.9. The van der Waals surface area contributed by atoms with Gasteiger partial charge in [-0.2, -0.15) is 0 Å². The quantitative estimate of drug-likeness (QED) is 0.722. The average Bonchev–Trinajstić information content (AvgIpc) is 2.64. The molecule has 1 heterocycles. The maximum atomic E-state index is 13.7. The standard InChI is InChI=1S/C19H15F2N3O3/c1-27-13-5-2-11(3-6-13)8-17-22-16(10-18(25)24-17)19(26)23-15-7-4-12(20)9-14(15)21/h2-7,9-10H,8H2,1H3,(H,23,26)(H,22,24,25). The molecule has 138 valence electrons. The van der Waals surface area contributed by atoms with Crippen LogP contribution in [0.25, 0.3) is 0 Å². The first-order chi connectivity index (χ1) is 12.9. The lowest BCUT2D eigenvalue weighted by atomic mass is 10.1. The number of hydrogen-bond acceptors (Lipinski definition) is 4. The molecule has 0 saturated carbocycles. The first-order valence-electron chi connectivity index (χ1n) is 7.94. The van der Waals surface area contributed by atoms with Crippen LogP contribution < -0.4 is 15.6 Å². The van der Waals surface area contributed by atoms with Crippen molar-refractivity contribution in [3.8, 4) is 5.75 Å². The van der Waals surface area contributed by atoms with E-state index >= 15 is 0 Å². The van der Waals surface area contributed by atoms with Crippen molar-refractivity contribution >= 4 is 11.6 Å². The van der Waals surface area contributed by atoms with E-state index in [4.69, 9.17) is 4.74 Å². The molecule has 0 spiro atoms. The topological polar surface area (TPSA) is 84.1 Å².